The average Bonchev–Trinajstić information content (AvgIpc) is 2.48. The van der Waals surface area contributed by atoms with Crippen LogP contribution in [-0.4, -0.2) is 30.5 Å². The minimum absolute atomic E-state index is 0.371. The minimum atomic E-state index is -0.414. The van der Waals surface area contributed by atoms with Crippen LogP contribution in [0.25, 0.3) is 0 Å². The molecule has 0 heterocycles. The van der Waals surface area contributed by atoms with E-state index in [-0.39, 0.29) is 0 Å². The summed E-state index contributed by atoms with van der Waals surface area (Å²) in [4.78, 5) is 0. The Bertz CT molecular complexity index is 371. The lowest BCUT2D eigenvalue weighted by Crippen LogP contribution is -2.32. The molecule has 0 amide bonds. The predicted octanol–water partition coefficient (Wildman–Crippen LogP) is 2.79. The van der Waals surface area contributed by atoms with Gasteiger partial charge in [-0.15, -0.1) is 0 Å². The second-order valence-electron chi connectivity index (χ2n) is 5.86. The molecule has 1 aliphatic rings. The Morgan fingerprint density at radius 3 is 2.60 bits per heavy atom. The number of benzene rings is 1. The first kappa shape index (κ1) is 15.5. The van der Waals surface area contributed by atoms with Crippen molar-refractivity contribution >= 4 is 0 Å². The van der Waals surface area contributed by atoms with Gasteiger partial charge in [-0.2, -0.15) is 0 Å². The van der Waals surface area contributed by atoms with Crippen molar-refractivity contribution in [3.63, 3.8) is 0 Å². The molecule has 0 radical (unpaired) electrons. The highest BCUT2D eigenvalue weighted by atomic mass is 16.5. The number of aliphatic hydroxyl groups is 1. The van der Waals surface area contributed by atoms with Crippen LogP contribution in [-0.2, 0) is 11.3 Å². The zero-order chi connectivity index (χ0) is 14.2. The first-order chi connectivity index (χ1) is 9.74. The molecule has 1 unspecified atom stereocenters. The quantitative estimate of drug-likeness (QED) is 0.805. The lowest BCUT2D eigenvalue weighted by molar-refractivity contribution is -0.0230. The van der Waals surface area contributed by atoms with Crippen LogP contribution in [0.15, 0.2) is 24.3 Å². The molecule has 0 aromatic heterocycles. The third-order valence-corrected chi connectivity index (χ3v) is 3.91. The van der Waals surface area contributed by atoms with Crippen molar-refractivity contribution in [1.29, 1.82) is 0 Å². The van der Waals surface area contributed by atoms with Gasteiger partial charge < -0.3 is 15.2 Å². The Kier molecular flexibility index (Phi) is 6.51. The van der Waals surface area contributed by atoms with Crippen LogP contribution in [0.4, 0.5) is 0 Å². The molecule has 112 valence electrons. The van der Waals surface area contributed by atoms with Gasteiger partial charge in [0.2, 0.25) is 0 Å². The van der Waals surface area contributed by atoms with Crippen molar-refractivity contribution in [1.82, 2.24) is 5.32 Å². The van der Waals surface area contributed by atoms with E-state index in [9.17, 15) is 5.11 Å². The van der Waals surface area contributed by atoms with E-state index in [1.165, 1.54) is 30.4 Å². The van der Waals surface area contributed by atoms with Gasteiger partial charge in [-0.1, -0.05) is 49.1 Å². The van der Waals surface area contributed by atoms with Gasteiger partial charge in [0.25, 0.3) is 0 Å². The maximum absolute atomic E-state index is 9.91. The lowest BCUT2D eigenvalue weighted by Gasteiger charge is -2.23. The van der Waals surface area contributed by atoms with Crippen LogP contribution in [0, 0.1) is 6.92 Å². The van der Waals surface area contributed by atoms with Crippen LogP contribution in [0.3, 0.4) is 0 Å². The Labute approximate surface area is 122 Å². The molecule has 0 spiro atoms. The summed E-state index contributed by atoms with van der Waals surface area (Å²) in [5, 5.41) is 13.2. The molecule has 20 heavy (non-hydrogen) atoms. The molecule has 1 aromatic rings. The highest BCUT2D eigenvalue weighted by molar-refractivity contribution is 5.21. The zero-order valence-electron chi connectivity index (χ0n) is 12.5. The molecule has 1 fully saturated rings. The summed E-state index contributed by atoms with van der Waals surface area (Å²) >= 11 is 0. The van der Waals surface area contributed by atoms with Crippen molar-refractivity contribution in [2.45, 2.75) is 57.8 Å². The standard InChI is InChI=1S/C17H27NO2/c1-14-7-9-15(10-8-14)11-18-12-16(19)13-20-17-5-3-2-4-6-17/h7-10,16-19H,2-6,11-13H2,1H3. The second kappa shape index (κ2) is 8.40. The van der Waals surface area contributed by atoms with Gasteiger partial charge in [-0.25, -0.2) is 0 Å². The first-order valence-corrected chi connectivity index (χ1v) is 7.80. The number of aliphatic hydroxyl groups excluding tert-OH is 1. The van der Waals surface area contributed by atoms with E-state index in [1.807, 2.05) is 0 Å². The first-order valence-electron chi connectivity index (χ1n) is 7.80. The highest BCUT2D eigenvalue weighted by Crippen LogP contribution is 2.20. The molecule has 2 N–H and O–H groups in total. The summed E-state index contributed by atoms with van der Waals surface area (Å²) in [5.74, 6) is 0. The number of rotatable bonds is 7. The number of ether oxygens (including phenoxy) is 1. The maximum Gasteiger partial charge on any atom is 0.0897 e. The van der Waals surface area contributed by atoms with Crippen molar-refractivity contribution < 1.29 is 9.84 Å². The average molecular weight is 277 g/mol. The monoisotopic (exact) mass is 277 g/mol. The number of hydrogen-bond acceptors (Lipinski definition) is 3. The van der Waals surface area contributed by atoms with Gasteiger partial charge in [0, 0.05) is 13.1 Å². The summed E-state index contributed by atoms with van der Waals surface area (Å²) in [6, 6.07) is 8.46. The number of nitrogens with one attached hydrogen (secondary N) is 1. The smallest absolute Gasteiger partial charge is 0.0897 e. The summed E-state index contributed by atoms with van der Waals surface area (Å²) in [7, 11) is 0. The molecule has 0 aliphatic heterocycles. The Morgan fingerprint density at radius 1 is 1.20 bits per heavy atom. The molecular weight excluding hydrogens is 250 g/mol. The number of aryl methyl sites for hydroxylation is 1. The fraction of sp³-hybridized carbons (Fsp3) is 0.647. The maximum atomic E-state index is 9.91. The minimum Gasteiger partial charge on any atom is -0.389 e. The largest absolute Gasteiger partial charge is 0.389 e. The predicted molar refractivity (Wildman–Crippen MR) is 81.7 cm³/mol. The van der Waals surface area contributed by atoms with Crippen LogP contribution >= 0.6 is 0 Å². The topological polar surface area (TPSA) is 41.5 Å². The molecule has 3 heteroatoms. The molecule has 3 nitrogen and oxygen atoms in total. The summed E-state index contributed by atoms with van der Waals surface area (Å²) < 4.78 is 5.77. The van der Waals surface area contributed by atoms with Gasteiger partial charge in [-0.3, -0.25) is 0 Å². The second-order valence-corrected chi connectivity index (χ2v) is 5.86. The van der Waals surface area contributed by atoms with Crippen LogP contribution in [0.2, 0.25) is 0 Å². The fourth-order valence-corrected chi connectivity index (χ4v) is 2.63. The van der Waals surface area contributed by atoms with Gasteiger partial charge in [0.05, 0.1) is 18.8 Å². The lowest BCUT2D eigenvalue weighted by atomic mass is 9.98. The van der Waals surface area contributed by atoms with Crippen molar-refractivity contribution in [2.24, 2.45) is 0 Å². The van der Waals surface area contributed by atoms with E-state index in [0.29, 0.717) is 19.3 Å². The SMILES string of the molecule is Cc1ccc(CNCC(O)COC2CCCCC2)cc1. The van der Waals surface area contributed by atoms with Crippen LogP contribution in [0.1, 0.15) is 43.2 Å². The van der Waals surface area contributed by atoms with E-state index in [4.69, 9.17) is 4.74 Å². The van der Waals surface area contributed by atoms with E-state index in [0.717, 1.165) is 19.4 Å². The molecule has 1 aromatic carbocycles. The van der Waals surface area contributed by atoms with Gasteiger partial charge >= 0.3 is 0 Å². The Morgan fingerprint density at radius 2 is 1.90 bits per heavy atom. The summed E-state index contributed by atoms with van der Waals surface area (Å²) in [6.45, 7) is 3.91. The van der Waals surface area contributed by atoms with Gasteiger partial charge in [-0.05, 0) is 25.3 Å². The number of hydrogen-bond donors (Lipinski definition) is 2. The van der Waals surface area contributed by atoms with E-state index < -0.39 is 6.10 Å². The molecule has 1 atom stereocenters. The van der Waals surface area contributed by atoms with Crippen molar-refractivity contribution in [3.05, 3.63) is 35.4 Å². The molecule has 0 saturated heterocycles. The van der Waals surface area contributed by atoms with Crippen molar-refractivity contribution in [3.8, 4) is 0 Å². The molecular formula is C17H27NO2. The Hall–Kier alpha value is -0.900. The molecule has 1 aliphatic carbocycles. The Balaban J connectivity index is 1.57. The zero-order valence-corrected chi connectivity index (χ0v) is 12.5. The molecule has 0 bridgehead atoms. The third kappa shape index (κ3) is 5.61. The van der Waals surface area contributed by atoms with Crippen LogP contribution in [0.5, 0.6) is 0 Å². The summed E-state index contributed by atoms with van der Waals surface area (Å²) in [5.41, 5.74) is 2.52. The van der Waals surface area contributed by atoms with E-state index >= 15 is 0 Å². The van der Waals surface area contributed by atoms with E-state index in [1.54, 1.807) is 0 Å². The highest BCUT2D eigenvalue weighted by Gasteiger charge is 2.15. The molecule has 2 rings (SSSR count). The van der Waals surface area contributed by atoms with Gasteiger partial charge in [0.15, 0.2) is 0 Å². The van der Waals surface area contributed by atoms with Crippen LogP contribution < -0.4 is 5.32 Å². The normalized spacial score (nSPS) is 18.1. The third-order valence-electron chi connectivity index (χ3n) is 3.91. The fourth-order valence-electron chi connectivity index (χ4n) is 2.63. The summed E-state index contributed by atoms with van der Waals surface area (Å²) in [6.07, 6.45) is 6.14. The molecule has 1 saturated carbocycles. The van der Waals surface area contributed by atoms with E-state index in [2.05, 4.69) is 36.5 Å². The van der Waals surface area contributed by atoms with Crippen molar-refractivity contribution in [2.75, 3.05) is 13.2 Å². The van der Waals surface area contributed by atoms with Gasteiger partial charge in [0.1, 0.15) is 0 Å².